The van der Waals surface area contributed by atoms with Crippen LogP contribution in [0.3, 0.4) is 0 Å². The molecule has 2 rings (SSSR count). The normalized spacial score (nSPS) is 10.9. The van der Waals surface area contributed by atoms with Gasteiger partial charge in [-0.3, -0.25) is 0 Å². The number of ether oxygens (including phenoxy) is 1. The van der Waals surface area contributed by atoms with Crippen molar-refractivity contribution in [3.63, 3.8) is 0 Å². The number of hydrazine groups is 1. The van der Waals surface area contributed by atoms with E-state index in [0.29, 0.717) is 18.2 Å². The number of hydrogen-bond acceptors (Lipinski definition) is 6. The lowest BCUT2D eigenvalue weighted by Crippen LogP contribution is -2.11. The van der Waals surface area contributed by atoms with Gasteiger partial charge in [0.25, 0.3) is 0 Å². The summed E-state index contributed by atoms with van der Waals surface area (Å²) in [6.07, 6.45) is 0.989. The molecule has 16 heavy (non-hydrogen) atoms. The summed E-state index contributed by atoms with van der Waals surface area (Å²) < 4.78 is 5.40. The number of aromatic nitrogens is 2. The minimum absolute atomic E-state index is 0.427. The Morgan fingerprint density at radius 3 is 3.12 bits per heavy atom. The molecule has 5 nitrogen and oxygen atoms in total. The Morgan fingerprint density at radius 1 is 1.50 bits per heavy atom. The third-order valence-corrected chi connectivity index (χ3v) is 2.89. The summed E-state index contributed by atoms with van der Waals surface area (Å²) in [6, 6.07) is 1.95. The Bertz CT molecular complexity index is 471. The zero-order chi connectivity index (χ0) is 11.4. The van der Waals surface area contributed by atoms with Gasteiger partial charge in [-0.15, -0.1) is 11.3 Å². The molecule has 0 aliphatic rings. The predicted octanol–water partition coefficient (Wildman–Crippen LogP) is 1.90. The standard InChI is InChI=1S/C10H14N4OS/c1-2-4-15-6-8-12-9(14-11)7-3-5-16-10(7)13-8/h3,5H,2,4,6,11H2,1H3,(H,12,13,14). The van der Waals surface area contributed by atoms with E-state index < -0.39 is 0 Å². The Balaban J connectivity index is 2.25. The summed E-state index contributed by atoms with van der Waals surface area (Å²) in [7, 11) is 0. The van der Waals surface area contributed by atoms with Crippen LogP contribution in [-0.2, 0) is 11.3 Å². The van der Waals surface area contributed by atoms with E-state index >= 15 is 0 Å². The smallest absolute Gasteiger partial charge is 0.158 e. The molecule has 86 valence electrons. The van der Waals surface area contributed by atoms with E-state index in [1.165, 1.54) is 0 Å². The second-order valence-electron chi connectivity index (χ2n) is 3.32. The zero-order valence-electron chi connectivity index (χ0n) is 9.06. The fourth-order valence-electron chi connectivity index (χ4n) is 1.38. The summed E-state index contributed by atoms with van der Waals surface area (Å²) >= 11 is 1.57. The molecule has 6 heteroatoms. The largest absolute Gasteiger partial charge is 0.373 e. The molecule has 0 aliphatic heterocycles. The fourth-order valence-corrected chi connectivity index (χ4v) is 2.16. The van der Waals surface area contributed by atoms with Crippen LogP contribution < -0.4 is 11.3 Å². The van der Waals surface area contributed by atoms with E-state index in [2.05, 4.69) is 22.3 Å². The highest BCUT2D eigenvalue weighted by Gasteiger charge is 2.07. The lowest BCUT2D eigenvalue weighted by Gasteiger charge is -2.05. The second kappa shape index (κ2) is 5.20. The lowest BCUT2D eigenvalue weighted by molar-refractivity contribution is 0.116. The maximum atomic E-state index is 5.42. The topological polar surface area (TPSA) is 73.1 Å². The molecular formula is C10H14N4OS. The van der Waals surface area contributed by atoms with Gasteiger partial charge in [0.2, 0.25) is 0 Å². The zero-order valence-corrected chi connectivity index (χ0v) is 9.88. The van der Waals surface area contributed by atoms with Crippen molar-refractivity contribution in [3.8, 4) is 0 Å². The highest BCUT2D eigenvalue weighted by molar-refractivity contribution is 7.16. The number of rotatable bonds is 5. The quantitative estimate of drug-likeness (QED) is 0.473. The van der Waals surface area contributed by atoms with Gasteiger partial charge in [0, 0.05) is 6.61 Å². The summed E-state index contributed by atoms with van der Waals surface area (Å²) in [6.45, 7) is 3.21. The molecule has 0 fully saturated rings. The molecule has 0 aliphatic carbocycles. The molecule has 0 spiro atoms. The first kappa shape index (κ1) is 11.3. The van der Waals surface area contributed by atoms with Gasteiger partial charge in [0.15, 0.2) is 11.6 Å². The number of nitrogens with one attached hydrogen (secondary N) is 1. The molecule has 0 bridgehead atoms. The van der Waals surface area contributed by atoms with Crippen molar-refractivity contribution < 1.29 is 4.74 Å². The second-order valence-corrected chi connectivity index (χ2v) is 4.22. The van der Waals surface area contributed by atoms with Gasteiger partial charge in [-0.1, -0.05) is 6.92 Å². The Labute approximate surface area is 97.6 Å². The average Bonchev–Trinajstić information content (AvgIpc) is 2.76. The van der Waals surface area contributed by atoms with Crippen LogP contribution in [-0.4, -0.2) is 16.6 Å². The van der Waals surface area contributed by atoms with Gasteiger partial charge in [-0.25, -0.2) is 15.8 Å². The van der Waals surface area contributed by atoms with Crippen LogP contribution in [0, 0.1) is 0 Å². The maximum absolute atomic E-state index is 5.42. The van der Waals surface area contributed by atoms with Crippen molar-refractivity contribution in [1.29, 1.82) is 0 Å². The van der Waals surface area contributed by atoms with Crippen LogP contribution >= 0.6 is 11.3 Å². The van der Waals surface area contributed by atoms with Crippen LogP contribution in [0.4, 0.5) is 5.82 Å². The van der Waals surface area contributed by atoms with Gasteiger partial charge < -0.3 is 10.2 Å². The molecule has 0 unspecified atom stereocenters. The van der Waals surface area contributed by atoms with Crippen LogP contribution in [0.1, 0.15) is 19.2 Å². The number of fused-ring (bicyclic) bond motifs is 1. The van der Waals surface area contributed by atoms with Gasteiger partial charge in [0.1, 0.15) is 11.4 Å². The summed E-state index contributed by atoms with van der Waals surface area (Å²) in [5, 5.41) is 2.92. The lowest BCUT2D eigenvalue weighted by atomic mass is 10.4. The minimum atomic E-state index is 0.427. The third-order valence-electron chi connectivity index (χ3n) is 2.09. The molecule has 2 aromatic heterocycles. The van der Waals surface area contributed by atoms with Crippen LogP contribution in [0.5, 0.6) is 0 Å². The first-order valence-electron chi connectivity index (χ1n) is 5.13. The first-order valence-corrected chi connectivity index (χ1v) is 6.01. The van der Waals surface area contributed by atoms with E-state index in [4.69, 9.17) is 10.6 Å². The van der Waals surface area contributed by atoms with Crippen molar-refractivity contribution in [1.82, 2.24) is 9.97 Å². The number of nitrogens with two attached hydrogens (primary N) is 1. The summed E-state index contributed by atoms with van der Waals surface area (Å²) in [4.78, 5) is 9.63. The van der Waals surface area contributed by atoms with Gasteiger partial charge >= 0.3 is 0 Å². The summed E-state index contributed by atoms with van der Waals surface area (Å²) in [5.41, 5.74) is 2.59. The minimum Gasteiger partial charge on any atom is -0.373 e. The average molecular weight is 238 g/mol. The molecule has 0 radical (unpaired) electrons. The SMILES string of the molecule is CCCOCc1nc(NN)c2ccsc2n1. The van der Waals surface area contributed by atoms with Crippen molar-refractivity contribution in [3.05, 3.63) is 17.3 Å². The van der Waals surface area contributed by atoms with Crippen LogP contribution in [0.15, 0.2) is 11.4 Å². The molecule has 0 aromatic carbocycles. The Kier molecular flexibility index (Phi) is 3.66. The van der Waals surface area contributed by atoms with Crippen LogP contribution in [0.25, 0.3) is 10.2 Å². The Hall–Kier alpha value is -1.24. The number of thiophene rings is 1. The molecule has 0 amide bonds. The number of nitrogen functional groups attached to an aromatic ring is 1. The third kappa shape index (κ3) is 2.29. The van der Waals surface area contributed by atoms with E-state index in [0.717, 1.165) is 23.2 Å². The highest BCUT2D eigenvalue weighted by atomic mass is 32.1. The van der Waals surface area contributed by atoms with Crippen LogP contribution in [0.2, 0.25) is 0 Å². The molecule has 0 saturated carbocycles. The monoisotopic (exact) mass is 238 g/mol. The van der Waals surface area contributed by atoms with E-state index in [1.54, 1.807) is 11.3 Å². The highest BCUT2D eigenvalue weighted by Crippen LogP contribution is 2.24. The van der Waals surface area contributed by atoms with Crippen molar-refractivity contribution in [2.75, 3.05) is 12.0 Å². The molecule has 0 atom stereocenters. The first-order chi connectivity index (χ1) is 7.85. The van der Waals surface area contributed by atoms with Gasteiger partial charge in [-0.05, 0) is 17.9 Å². The van der Waals surface area contributed by atoms with Crippen molar-refractivity contribution in [2.45, 2.75) is 20.0 Å². The van der Waals surface area contributed by atoms with E-state index in [1.807, 2.05) is 11.4 Å². The van der Waals surface area contributed by atoms with Gasteiger partial charge in [-0.2, -0.15) is 0 Å². The van der Waals surface area contributed by atoms with Crippen molar-refractivity contribution >= 4 is 27.4 Å². The number of anilines is 1. The molecule has 2 heterocycles. The van der Waals surface area contributed by atoms with E-state index in [-0.39, 0.29) is 0 Å². The number of hydrogen-bond donors (Lipinski definition) is 2. The summed E-state index contributed by atoms with van der Waals surface area (Å²) in [5.74, 6) is 6.74. The Morgan fingerprint density at radius 2 is 2.38 bits per heavy atom. The van der Waals surface area contributed by atoms with E-state index in [9.17, 15) is 0 Å². The van der Waals surface area contributed by atoms with Crippen molar-refractivity contribution in [2.24, 2.45) is 5.84 Å². The maximum Gasteiger partial charge on any atom is 0.158 e. The van der Waals surface area contributed by atoms with Gasteiger partial charge in [0.05, 0.1) is 5.39 Å². The fraction of sp³-hybridized carbons (Fsp3) is 0.400. The molecule has 2 aromatic rings. The molecule has 3 N–H and O–H groups in total. The number of nitrogens with zero attached hydrogens (tertiary/aromatic N) is 2. The predicted molar refractivity (Wildman–Crippen MR) is 65.2 cm³/mol. The molecule has 0 saturated heterocycles. The molecular weight excluding hydrogens is 224 g/mol.